The van der Waals surface area contributed by atoms with E-state index in [2.05, 4.69) is 44.8 Å². The molecule has 1 amide bonds. The summed E-state index contributed by atoms with van der Waals surface area (Å²) in [6.07, 6.45) is 2.29. The SMILES string of the molecule is CNC(=O)C(C)(C)CNC1CC(c2ccccc2Br)C1. The molecule has 2 rings (SSSR count). The van der Waals surface area contributed by atoms with Gasteiger partial charge in [-0.3, -0.25) is 4.79 Å². The molecule has 1 aliphatic carbocycles. The van der Waals surface area contributed by atoms with Crippen molar-refractivity contribution in [3.63, 3.8) is 0 Å². The smallest absolute Gasteiger partial charge is 0.226 e. The van der Waals surface area contributed by atoms with E-state index in [0.29, 0.717) is 12.0 Å². The highest BCUT2D eigenvalue weighted by Crippen LogP contribution is 2.40. The first-order valence-electron chi connectivity index (χ1n) is 7.14. The van der Waals surface area contributed by atoms with Gasteiger partial charge >= 0.3 is 0 Å². The minimum atomic E-state index is -0.354. The monoisotopic (exact) mass is 338 g/mol. The second-order valence-corrected chi connectivity index (χ2v) is 7.09. The molecule has 2 N–H and O–H groups in total. The number of carbonyl (C=O) groups excluding carboxylic acids is 1. The van der Waals surface area contributed by atoms with Crippen LogP contribution in [0.2, 0.25) is 0 Å². The van der Waals surface area contributed by atoms with Gasteiger partial charge in [0.05, 0.1) is 5.41 Å². The van der Waals surface area contributed by atoms with Crippen molar-refractivity contribution in [1.82, 2.24) is 10.6 Å². The first kappa shape index (κ1) is 15.5. The standard InChI is InChI=1S/C16H23BrN2O/c1-16(2,15(20)18-3)10-19-12-8-11(9-12)13-6-4-5-7-14(13)17/h4-7,11-12,19H,8-10H2,1-3H3,(H,18,20). The summed E-state index contributed by atoms with van der Waals surface area (Å²) in [6, 6.07) is 8.96. The summed E-state index contributed by atoms with van der Waals surface area (Å²) in [6.45, 7) is 4.67. The van der Waals surface area contributed by atoms with E-state index in [9.17, 15) is 4.79 Å². The molecule has 0 aliphatic heterocycles. The van der Waals surface area contributed by atoms with Gasteiger partial charge in [-0.05, 0) is 44.2 Å². The number of benzene rings is 1. The number of hydrogen-bond donors (Lipinski definition) is 2. The number of hydrogen-bond acceptors (Lipinski definition) is 2. The van der Waals surface area contributed by atoms with Crippen molar-refractivity contribution in [3.8, 4) is 0 Å². The molecule has 0 saturated heterocycles. The van der Waals surface area contributed by atoms with Gasteiger partial charge in [-0.15, -0.1) is 0 Å². The summed E-state index contributed by atoms with van der Waals surface area (Å²) in [5.74, 6) is 0.720. The molecular weight excluding hydrogens is 316 g/mol. The van der Waals surface area contributed by atoms with Crippen LogP contribution < -0.4 is 10.6 Å². The molecular formula is C16H23BrN2O. The van der Waals surface area contributed by atoms with E-state index in [1.165, 1.54) is 10.0 Å². The lowest BCUT2D eigenvalue weighted by Gasteiger charge is -2.38. The van der Waals surface area contributed by atoms with E-state index in [4.69, 9.17) is 0 Å². The van der Waals surface area contributed by atoms with E-state index < -0.39 is 0 Å². The maximum Gasteiger partial charge on any atom is 0.226 e. The number of rotatable bonds is 5. The van der Waals surface area contributed by atoms with Crippen LogP contribution in [0.4, 0.5) is 0 Å². The summed E-state index contributed by atoms with van der Waals surface area (Å²) in [7, 11) is 1.69. The minimum absolute atomic E-state index is 0.0895. The zero-order chi connectivity index (χ0) is 14.8. The van der Waals surface area contributed by atoms with Crippen LogP contribution in [-0.4, -0.2) is 25.5 Å². The molecule has 1 aliphatic rings. The van der Waals surface area contributed by atoms with E-state index in [1.807, 2.05) is 19.9 Å². The molecule has 0 bridgehead atoms. The van der Waals surface area contributed by atoms with Crippen molar-refractivity contribution < 1.29 is 4.79 Å². The van der Waals surface area contributed by atoms with E-state index in [-0.39, 0.29) is 11.3 Å². The summed E-state index contributed by atoms with van der Waals surface area (Å²) in [5.41, 5.74) is 1.05. The van der Waals surface area contributed by atoms with Crippen LogP contribution in [0.1, 0.15) is 38.2 Å². The van der Waals surface area contributed by atoms with E-state index in [0.717, 1.165) is 19.4 Å². The molecule has 4 heteroatoms. The van der Waals surface area contributed by atoms with Crippen LogP contribution in [0.3, 0.4) is 0 Å². The molecule has 0 aromatic heterocycles. The van der Waals surface area contributed by atoms with Crippen molar-refractivity contribution in [2.45, 2.75) is 38.6 Å². The van der Waals surface area contributed by atoms with Crippen LogP contribution in [-0.2, 0) is 4.79 Å². The van der Waals surface area contributed by atoms with E-state index >= 15 is 0 Å². The van der Waals surface area contributed by atoms with Gasteiger partial charge in [0, 0.05) is 24.1 Å². The Hall–Kier alpha value is -0.870. The van der Waals surface area contributed by atoms with Crippen LogP contribution >= 0.6 is 15.9 Å². The van der Waals surface area contributed by atoms with Gasteiger partial charge in [0.2, 0.25) is 5.91 Å². The molecule has 3 nitrogen and oxygen atoms in total. The molecule has 1 aromatic carbocycles. The Bertz CT molecular complexity index is 481. The molecule has 20 heavy (non-hydrogen) atoms. The minimum Gasteiger partial charge on any atom is -0.359 e. The summed E-state index contributed by atoms with van der Waals surface area (Å²) >= 11 is 3.62. The molecule has 1 fully saturated rings. The highest BCUT2D eigenvalue weighted by Gasteiger charge is 2.33. The second-order valence-electron chi connectivity index (χ2n) is 6.23. The molecule has 1 saturated carbocycles. The Kier molecular flexibility index (Phi) is 4.86. The van der Waals surface area contributed by atoms with Gasteiger partial charge in [-0.1, -0.05) is 34.1 Å². The molecule has 110 valence electrons. The highest BCUT2D eigenvalue weighted by atomic mass is 79.9. The number of amides is 1. The maximum atomic E-state index is 11.7. The Balaban J connectivity index is 1.80. The zero-order valence-corrected chi connectivity index (χ0v) is 14.0. The quantitative estimate of drug-likeness (QED) is 0.866. The van der Waals surface area contributed by atoms with E-state index in [1.54, 1.807) is 7.05 Å². The predicted molar refractivity (Wildman–Crippen MR) is 85.8 cm³/mol. The summed E-state index contributed by atoms with van der Waals surface area (Å²) < 4.78 is 1.20. The third-order valence-electron chi connectivity index (χ3n) is 4.16. The van der Waals surface area contributed by atoms with Crippen LogP contribution in [0.25, 0.3) is 0 Å². The maximum absolute atomic E-state index is 11.7. The fourth-order valence-electron chi connectivity index (χ4n) is 2.66. The number of halogens is 1. The number of nitrogens with one attached hydrogen (secondary N) is 2. The van der Waals surface area contributed by atoms with Gasteiger partial charge in [0.25, 0.3) is 0 Å². The fraction of sp³-hybridized carbons (Fsp3) is 0.562. The first-order chi connectivity index (χ1) is 9.44. The topological polar surface area (TPSA) is 41.1 Å². The average Bonchev–Trinajstić information content (AvgIpc) is 2.37. The van der Waals surface area contributed by atoms with Crippen molar-refractivity contribution in [2.24, 2.45) is 5.41 Å². The molecule has 0 unspecified atom stereocenters. The molecule has 0 radical (unpaired) electrons. The van der Waals surface area contributed by atoms with Gasteiger partial charge < -0.3 is 10.6 Å². The summed E-state index contributed by atoms with van der Waals surface area (Å²) in [4.78, 5) is 11.7. The zero-order valence-electron chi connectivity index (χ0n) is 12.4. The van der Waals surface area contributed by atoms with Gasteiger partial charge in [-0.2, -0.15) is 0 Å². The van der Waals surface area contributed by atoms with Crippen LogP contribution in [0.15, 0.2) is 28.7 Å². The third kappa shape index (κ3) is 3.41. The van der Waals surface area contributed by atoms with Crippen molar-refractivity contribution >= 4 is 21.8 Å². The van der Waals surface area contributed by atoms with Gasteiger partial charge in [0.1, 0.15) is 0 Å². The van der Waals surface area contributed by atoms with Gasteiger partial charge in [-0.25, -0.2) is 0 Å². The van der Waals surface area contributed by atoms with Gasteiger partial charge in [0.15, 0.2) is 0 Å². The van der Waals surface area contributed by atoms with Crippen molar-refractivity contribution in [2.75, 3.05) is 13.6 Å². The third-order valence-corrected chi connectivity index (χ3v) is 4.88. The lowest BCUT2D eigenvalue weighted by atomic mass is 9.75. The first-order valence-corrected chi connectivity index (χ1v) is 7.93. The lowest BCUT2D eigenvalue weighted by molar-refractivity contribution is -0.128. The second kappa shape index (κ2) is 6.27. The Morgan fingerprint density at radius 2 is 2.00 bits per heavy atom. The van der Waals surface area contributed by atoms with Crippen molar-refractivity contribution in [1.29, 1.82) is 0 Å². The molecule has 0 spiro atoms. The fourth-order valence-corrected chi connectivity index (χ4v) is 3.27. The Labute approximate surface area is 129 Å². The normalized spacial score (nSPS) is 22.2. The predicted octanol–water partition coefficient (Wildman–Crippen LogP) is 3.06. The lowest BCUT2D eigenvalue weighted by Crippen LogP contribution is -2.48. The van der Waals surface area contributed by atoms with Crippen LogP contribution in [0, 0.1) is 5.41 Å². The molecule has 0 atom stereocenters. The summed E-state index contributed by atoms with van der Waals surface area (Å²) in [5, 5.41) is 6.24. The average molecular weight is 339 g/mol. The molecule has 0 heterocycles. The Morgan fingerprint density at radius 3 is 2.60 bits per heavy atom. The van der Waals surface area contributed by atoms with Crippen LogP contribution in [0.5, 0.6) is 0 Å². The highest BCUT2D eigenvalue weighted by molar-refractivity contribution is 9.10. The largest absolute Gasteiger partial charge is 0.359 e. The van der Waals surface area contributed by atoms with Crippen molar-refractivity contribution in [3.05, 3.63) is 34.3 Å². The molecule has 1 aromatic rings. The Morgan fingerprint density at radius 1 is 1.35 bits per heavy atom. The number of carbonyl (C=O) groups is 1.